The number of nitrogens with one attached hydrogen (secondary N) is 3. The number of aromatic amines is 1. The second-order valence-electron chi connectivity index (χ2n) is 9.52. The van der Waals surface area contributed by atoms with Gasteiger partial charge in [0.15, 0.2) is 11.5 Å². The lowest BCUT2D eigenvalue weighted by Crippen LogP contribution is -2.52. The lowest BCUT2D eigenvalue weighted by molar-refractivity contribution is -0.129. The van der Waals surface area contributed by atoms with E-state index in [0.29, 0.717) is 24.2 Å². The Bertz CT molecular complexity index is 1380. The van der Waals surface area contributed by atoms with Gasteiger partial charge in [-0.15, -0.1) is 5.10 Å². The van der Waals surface area contributed by atoms with Gasteiger partial charge in [-0.25, -0.2) is 13.4 Å². The maximum atomic E-state index is 13.2. The first-order valence-corrected chi connectivity index (χ1v) is 13.5. The molecule has 0 saturated carbocycles. The van der Waals surface area contributed by atoms with Crippen molar-refractivity contribution in [3.8, 4) is 0 Å². The number of carbonyl (C=O) groups excluding carboxylic acids is 3. The molecule has 3 aromatic rings. The molecular weight excluding hydrogens is 500 g/mol. The maximum absolute atomic E-state index is 13.2. The summed E-state index contributed by atoms with van der Waals surface area (Å²) in [6.45, 7) is 5.08. The third kappa shape index (κ3) is 6.05. The van der Waals surface area contributed by atoms with Crippen molar-refractivity contribution in [3.05, 3.63) is 41.9 Å². The molecule has 3 N–H and O–H groups in total. The number of hydrogen-bond donors (Lipinski definition) is 3. The molecule has 1 unspecified atom stereocenters. The molecule has 1 aromatic carbocycles. The largest absolute Gasteiger partial charge is 0.451 e. The highest BCUT2D eigenvalue weighted by Crippen LogP contribution is 2.20. The van der Waals surface area contributed by atoms with Gasteiger partial charge in [0.1, 0.15) is 17.4 Å². The Morgan fingerprint density at radius 3 is 2.70 bits per heavy atom. The van der Waals surface area contributed by atoms with Crippen LogP contribution in [0.5, 0.6) is 0 Å². The van der Waals surface area contributed by atoms with Crippen LogP contribution in [-0.4, -0.2) is 70.7 Å². The standard InChI is InChI=1S/C24H30N6O6S/c1-14(2)11-18(27-23(33)21-12-16-7-4-5-9-20(16)36-21)22(32)26-17-8-6-10-30(13-19(17)31)37(34,35)24-25-15(3)28-29-24/h4-5,7,9,12,14,17-18H,6,8,10-11,13H2,1-3H3,(H,26,32)(H,27,33)(H,25,28,29)/t17?,18-/m0/s1. The third-order valence-electron chi connectivity index (χ3n) is 6.06. The Morgan fingerprint density at radius 1 is 1.27 bits per heavy atom. The number of H-pyrrole nitrogens is 1. The number of sulfonamides is 1. The third-order valence-corrected chi connectivity index (χ3v) is 7.70. The zero-order valence-electron chi connectivity index (χ0n) is 20.9. The van der Waals surface area contributed by atoms with E-state index in [1.807, 2.05) is 26.0 Å². The molecule has 13 heteroatoms. The summed E-state index contributed by atoms with van der Waals surface area (Å²) in [6, 6.07) is 7.00. The van der Waals surface area contributed by atoms with Crippen LogP contribution in [-0.2, 0) is 19.6 Å². The summed E-state index contributed by atoms with van der Waals surface area (Å²) in [5, 5.41) is 12.0. The number of aromatic nitrogens is 3. The quantitative estimate of drug-likeness (QED) is 0.394. The molecule has 3 heterocycles. The van der Waals surface area contributed by atoms with E-state index < -0.39 is 51.4 Å². The molecule has 0 bridgehead atoms. The zero-order valence-corrected chi connectivity index (χ0v) is 21.7. The fraction of sp³-hybridized carbons (Fsp3) is 0.458. The van der Waals surface area contributed by atoms with Crippen LogP contribution in [0, 0.1) is 12.8 Å². The summed E-state index contributed by atoms with van der Waals surface area (Å²) in [6.07, 6.45) is 0.943. The molecule has 2 atom stereocenters. The molecule has 1 fully saturated rings. The van der Waals surface area contributed by atoms with Crippen LogP contribution in [0.2, 0.25) is 0 Å². The Kier molecular flexibility index (Phi) is 7.73. The Labute approximate surface area is 214 Å². The van der Waals surface area contributed by atoms with E-state index in [2.05, 4.69) is 25.8 Å². The van der Waals surface area contributed by atoms with Gasteiger partial charge in [-0.2, -0.15) is 4.31 Å². The molecule has 2 amide bonds. The lowest BCUT2D eigenvalue weighted by atomic mass is 10.0. The fourth-order valence-corrected chi connectivity index (χ4v) is 5.52. The monoisotopic (exact) mass is 530 g/mol. The molecular formula is C24H30N6O6S. The number of carbonyl (C=O) groups is 3. The van der Waals surface area contributed by atoms with Gasteiger partial charge in [-0.1, -0.05) is 32.0 Å². The zero-order chi connectivity index (χ0) is 26.7. The van der Waals surface area contributed by atoms with Crippen LogP contribution in [0.4, 0.5) is 0 Å². The van der Waals surface area contributed by atoms with E-state index in [9.17, 15) is 22.8 Å². The molecule has 0 radical (unpaired) electrons. The fourth-order valence-electron chi connectivity index (χ4n) is 4.21. The molecule has 1 aliphatic heterocycles. The molecule has 0 spiro atoms. The first-order chi connectivity index (χ1) is 17.5. The number of benzene rings is 1. The van der Waals surface area contributed by atoms with Crippen LogP contribution in [0.25, 0.3) is 11.0 Å². The molecule has 2 aromatic heterocycles. The number of furan rings is 1. The van der Waals surface area contributed by atoms with Gasteiger partial charge in [-0.05, 0) is 44.2 Å². The molecule has 12 nitrogen and oxygen atoms in total. The van der Waals surface area contributed by atoms with E-state index in [0.717, 1.165) is 9.69 Å². The summed E-state index contributed by atoms with van der Waals surface area (Å²) in [7, 11) is -4.06. The number of ketones is 1. The van der Waals surface area contributed by atoms with Gasteiger partial charge >= 0.3 is 0 Å². The normalized spacial score (nSPS) is 18.1. The topological polar surface area (TPSA) is 167 Å². The van der Waals surface area contributed by atoms with Gasteiger partial charge in [-0.3, -0.25) is 19.5 Å². The minimum Gasteiger partial charge on any atom is -0.451 e. The molecule has 37 heavy (non-hydrogen) atoms. The number of aryl methyl sites for hydroxylation is 1. The van der Waals surface area contributed by atoms with Crippen molar-refractivity contribution < 1.29 is 27.2 Å². The van der Waals surface area contributed by atoms with Crippen LogP contribution in [0.1, 0.15) is 49.5 Å². The van der Waals surface area contributed by atoms with Gasteiger partial charge in [0, 0.05) is 11.9 Å². The first-order valence-electron chi connectivity index (χ1n) is 12.1. The number of rotatable bonds is 8. The van der Waals surface area contributed by atoms with Crippen molar-refractivity contribution in [2.24, 2.45) is 5.92 Å². The molecule has 1 aliphatic rings. The summed E-state index contributed by atoms with van der Waals surface area (Å²) >= 11 is 0. The minimum atomic E-state index is -4.06. The molecule has 4 rings (SSSR count). The number of para-hydroxylation sites is 1. The highest BCUT2D eigenvalue weighted by Gasteiger charge is 2.36. The average Bonchev–Trinajstić information content (AvgIpc) is 3.43. The molecule has 0 aliphatic carbocycles. The van der Waals surface area contributed by atoms with Crippen molar-refractivity contribution in [2.75, 3.05) is 13.1 Å². The van der Waals surface area contributed by atoms with Crippen LogP contribution >= 0.6 is 0 Å². The van der Waals surface area contributed by atoms with Gasteiger partial charge in [0.2, 0.25) is 5.91 Å². The summed E-state index contributed by atoms with van der Waals surface area (Å²) < 4.78 is 32.4. The van der Waals surface area contributed by atoms with Gasteiger partial charge in [0.25, 0.3) is 21.1 Å². The predicted molar refractivity (Wildman–Crippen MR) is 133 cm³/mol. The number of nitrogens with zero attached hydrogens (tertiary/aromatic N) is 3. The summed E-state index contributed by atoms with van der Waals surface area (Å²) in [5.41, 5.74) is 0.557. The van der Waals surface area contributed by atoms with E-state index in [1.165, 1.54) is 0 Å². The summed E-state index contributed by atoms with van der Waals surface area (Å²) in [4.78, 5) is 42.9. The number of amides is 2. The Hall–Kier alpha value is -3.58. The van der Waals surface area contributed by atoms with E-state index >= 15 is 0 Å². The van der Waals surface area contributed by atoms with Crippen LogP contribution in [0.3, 0.4) is 0 Å². The van der Waals surface area contributed by atoms with Crippen molar-refractivity contribution in [3.63, 3.8) is 0 Å². The Morgan fingerprint density at radius 2 is 2.03 bits per heavy atom. The minimum absolute atomic E-state index is 0.0713. The van der Waals surface area contributed by atoms with E-state index in [-0.39, 0.29) is 24.6 Å². The Balaban J connectivity index is 1.44. The van der Waals surface area contributed by atoms with E-state index in [1.54, 1.807) is 25.1 Å². The summed E-state index contributed by atoms with van der Waals surface area (Å²) in [5.74, 6) is -1.02. The predicted octanol–water partition coefficient (Wildman–Crippen LogP) is 1.54. The van der Waals surface area contributed by atoms with Gasteiger partial charge < -0.3 is 15.1 Å². The van der Waals surface area contributed by atoms with Crippen molar-refractivity contribution in [2.45, 2.75) is 57.3 Å². The SMILES string of the molecule is Cc1nc(S(=O)(=O)N2CCCC(NC(=O)[C@H](CC(C)C)NC(=O)c3cc4ccccc4o3)C(=O)C2)n[nH]1. The van der Waals surface area contributed by atoms with Crippen molar-refractivity contribution in [1.82, 2.24) is 30.1 Å². The number of hydrogen-bond acceptors (Lipinski definition) is 8. The van der Waals surface area contributed by atoms with Crippen molar-refractivity contribution >= 4 is 38.6 Å². The second kappa shape index (κ2) is 10.8. The highest BCUT2D eigenvalue weighted by atomic mass is 32.2. The lowest BCUT2D eigenvalue weighted by Gasteiger charge is -2.23. The van der Waals surface area contributed by atoms with Crippen molar-refractivity contribution in [1.29, 1.82) is 0 Å². The van der Waals surface area contributed by atoms with Gasteiger partial charge in [0.05, 0.1) is 12.6 Å². The molecule has 198 valence electrons. The van der Waals surface area contributed by atoms with E-state index in [4.69, 9.17) is 4.42 Å². The molecule has 1 saturated heterocycles. The highest BCUT2D eigenvalue weighted by molar-refractivity contribution is 7.89. The average molecular weight is 531 g/mol. The van der Waals surface area contributed by atoms with Crippen LogP contribution in [0.15, 0.2) is 39.9 Å². The maximum Gasteiger partial charge on any atom is 0.287 e. The second-order valence-corrected chi connectivity index (χ2v) is 11.3. The van der Waals surface area contributed by atoms with Crippen LogP contribution < -0.4 is 10.6 Å². The number of Topliss-reactive ketones (excluding diaryl/α,β-unsaturated/α-hetero) is 1. The number of fused-ring (bicyclic) bond motifs is 1. The smallest absolute Gasteiger partial charge is 0.287 e. The first kappa shape index (κ1) is 26.5.